The van der Waals surface area contributed by atoms with Crippen molar-refractivity contribution >= 4 is 28.2 Å². The maximum Gasteiger partial charge on any atom is 0.291 e. The SMILES string of the molecule is CN(C)CCN(Cc1cccnc1)C(=O)c1ccc(NC(=O)c2ccco2)s1. The van der Waals surface area contributed by atoms with Crippen molar-refractivity contribution in [1.82, 2.24) is 14.8 Å². The number of pyridine rings is 1. The number of likely N-dealkylation sites (N-methyl/N-ethyl adjacent to an activating group) is 1. The number of carbonyl (C=O) groups is 2. The van der Waals surface area contributed by atoms with Crippen LogP contribution in [-0.2, 0) is 6.54 Å². The van der Waals surface area contributed by atoms with E-state index in [9.17, 15) is 9.59 Å². The topological polar surface area (TPSA) is 78.7 Å². The smallest absolute Gasteiger partial charge is 0.291 e. The normalized spacial score (nSPS) is 10.8. The van der Waals surface area contributed by atoms with E-state index >= 15 is 0 Å². The Hall–Kier alpha value is -2.97. The number of nitrogens with zero attached hydrogens (tertiary/aromatic N) is 3. The Kier molecular flexibility index (Phi) is 6.57. The molecule has 3 rings (SSSR count). The summed E-state index contributed by atoms with van der Waals surface area (Å²) in [5, 5.41) is 3.35. The van der Waals surface area contributed by atoms with Gasteiger partial charge in [0.15, 0.2) is 5.76 Å². The minimum Gasteiger partial charge on any atom is -0.459 e. The first-order valence-electron chi connectivity index (χ1n) is 8.80. The first-order chi connectivity index (χ1) is 13.5. The second-order valence-electron chi connectivity index (χ2n) is 6.49. The molecule has 0 fully saturated rings. The third-order valence-corrected chi connectivity index (χ3v) is 4.99. The fourth-order valence-corrected chi connectivity index (χ4v) is 3.41. The molecule has 1 N–H and O–H groups in total. The fraction of sp³-hybridized carbons (Fsp3) is 0.250. The Morgan fingerprint density at radius 3 is 2.68 bits per heavy atom. The molecule has 0 saturated carbocycles. The van der Waals surface area contributed by atoms with Gasteiger partial charge in [-0.3, -0.25) is 14.6 Å². The molecule has 3 aromatic heterocycles. The van der Waals surface area contributed by atoms with Crippen molar-refractivity contribution in [3.63, 3.8) is 0 Å². The summed E-state index contributed by atoms with van der Waals surface area (Å²) in [7, 11) is 3.94. The Labute approximate surface area is 167 Å². The van der Waals surface area contributed by atoms with Gasteiger partial charge in [0.25, 0.3) is 11.8 Å². The molecule has 3 aromatic rings. The highest BCUT2D eigenvalue weighted by molar-refractivity contribution is 7.18. The minimum absolute atomic E-state index is 0.0748. The first-order valence-corrected chi connectivity index (χ1v) is 9.62. The van der Waals surface area contributed by atoms with E-state index in [1.54, 1.807) is 41.6 Å². The monoisotopic (exact) mass is 398 g/mol. The van der Waals surface area contributed by atoms with Crippen LogP contribution in [0.4, 0.5) is 5.00 Å². The number of aromatic nitrogens is 1. The molecule has 2 amide bonds. The van der Waals surface area contributed by atoms with Crippen LogP contribution >= 0.6 is 11.3 Å². The molecular formula is C20H22N4O3S. The lowest BCUT2D eigenvalue weighted by atomic mass is 10.2. The number of nitrogens with one attached hydrogen (secondary N) is 1. The van der Waals surface area contributed by atoms with Crippen molar-refractivity contribution in [2.75, 3.05) is 32.5 Å². The third kappa shape index (κ3) is 5.28. The molecule has 0 aliphatic heterocycles. The molecule has 0 aliphatic carbocycles. The van der Waals surface area contributed by atoms with Gasteiger partial charge in [0, 0.05) is 32.0 Å². The lowest BCUT2D eigenvalue weighted by Crippen LogP contribution is -2.35. The summed E-state index contributed by atoms with van der Waals surface area (Å²) in [4.78, 5) is 33.7. The van der Waals surface area contributed by atoms with Gasteiger partial charge in [-0.2, -0.15) is 0 Å². The highest BCUT2D eigenvalue weighted by atomic mass is 32.1. The summed E-state index contributed by atoms with van der Waals surface area (Å²) in [6.45, 7) is 1.82. The Bertz CT molecular complexity index is 907. The number of carbonyl (C=O) groups excluding carboxylic acids is 2. The first kappa shape index (κ1) is 19.8. The van der Waals surface area contributed by atoms with Crippen molar-refractivity contribution in [3.05, 3.63) is 71.3 Å². The van der Waals surface area contributed by atoms with Crippen LogP contribution in [0.3, 0.4) is 0 Å². The number of thiophene rings is 1. The van der Waals surface area contributed by atoms with E-state index in [0.717, 1.165) is 12.1 Å². The number of anilines is 1. The Morgan fingerprint density at radius 2 is 2.00 bits per heavy atom. The number of hydrogen-bond donors (Lipinski definition) is 1. The summed E-state index contributed by atoms with van der Waals surface area (Å²) in [5.74, 6) is -0.190. The second-order valence-corrected chi connectivity index (χ2v) is 7.57. The largest absolute Gasteiger partial charge is 0.459 e. The van der Waals surface area contributed by atoms with Crippen molar-refractivity contribution in [2.24, 2.45) is 0 Å². The molecule has 0 unspecified atom stereocenters. The summed E-state index contributed by atoms with van der Waals surface area (Å²) in [6.07, 6.45) is 4.92. The average Bonchev–Trinajstić information content (AvgIpc) is 3.37. The lowest BCUT2D eigenvalue weighted by Gasteiger charge is -2.24. The quantitative estimate of drug-likeness (QED) is 0.630. The van der Waals surface area contributed by atoms with E-state index in [2.05, 4.69) is 10.3 Å². The fourth-order valence-electron chi connectivity index (χ4n) is 2.54. The van der Waals surface area contributed by atoms with Crippen molar-refractivity contribution in [1.29, 1.82) is 0 Å². The van der Waals surface area contributed by atoms with Crippen LogP contribution in [-0.4, -0.2) is 53.8 Å². The zero-order valence-electron chi connectivity index (χ0n) is 15.8. The summed E-state index contributed by atoms with van der Waals surface area (Å²) in [6, 6.07) is 10.5. The van der Waals surface area contributed by atoms with E-state index in [-0.39, 0.29) is 17.6 Å². The van der Waals surface area contributed by atoms with Gasteiger partial charge in [0.05, 0.1) is 16.1 Å². The zero-order chi connectivity index (χ0) is 19.9. The molecule has 7 nitrogen and oxygen atoms in total. The average molecular weight is 398 g/mol. The Balaban J connectivity index is 1.71. The van der Waals surface area contributed by atoms with E-state index in [1.807, 2.05) is 31.1 Å². The molecule has 0 aromatic carbocycles. The van der Waals surface area contributed by atoms with Gasteiger partial charge < -0.3 is 19.5 Å². The molecule has 28 heavy (non-hydrogen) atoms. The van der Waals surface area contributed by atoms with Gasteiger partial charge in [-0.05, 0) is 50.0 Å². The van der Waals surface area contributed by atoms with E-state index < -0.39 is 0 Å². The van der Waals surface area contributed by atoms with Gasteiger partial charge in [-0.25, -0.2) is 0 Å². The Morgan fingerprint density at radius 1 is 1.14 bits per heavy atom. The summed E-state index contributed by atoms with van der Waals surface area (Å²) >= 11 is 1.25. The molecule has 0 bridgehead atoms. The number of hydrogen-bond acceptors (Lipinski definition) is 6. The van der Waals surface area contributed by atoms with E-state index in [4.69, 9.17) is 4.42 Å². The minimum atomic E-state index is -0.342. The highest BCUT2D eigenvalue weighted by Crippen LogP contribution is 2.24. The molecule has 0 atom stereocenters. The standard InChI is InChI=1S/C20H22N4O3S/c1-23(2)10-11-24(14-15-5-3-9-21-13-15)20(26)17-7-8-18(28-17)22-19(25)16-6-4-12-27-16/h3-9,12-13H,10-11,14H2,1-2H3,(H,22,25). The van der Waals surface area contributed by atoms with Crippen LogP contribution in [0.15, 0.2) is 59.5 Å². The van der Waals surface area contributed by atoms with Gasteiger partial charge >= 0.3 is 0 Å². The molecule has 0 radical (unpaired) electrons. The second kappa shape index (κ2) is 9.29. The van der Waals surface area contributed by atoms with Crippen molar-refractivity contribution in [2.45, 2.75) is 6.54 Å². The highest BCUT2D eigenvalue weighted by Gasteiger charge is 2.19. The predicted molar refractivity (Wildman–Crippen MR) is 109 cm³/mol. The zero-order valence-corrected chi connectivity index (χ0v) is 16.6. The third-order valence-electron chi connectivity index (χ3n) is 4.00. The maximum absolute atomic E-state index is 13.1. The van der Waals surface area contributed by atoms with Crippen LogP contribution in [0.2, 0.25) is 0 Å². The van der Waals surface area contributed by atoms with Gasteiger partial charge in [0.2, 0.25) is 0 Å². The maximum atomic E-state index is 13.1. The summed E-state index contributed by atoms with van der Waals surface area (Å²) < 4.78 is 5.09. The van der Waals surface area contributed by atoms with E-state index in [0.29, 0.717) is 23.0 Å². The van der Waals surface area contributed by atoms with Gasteiger partial charge in [-0.15, -0.1) is 11.3 Å². The summed E-state index contributed by atoms with van der Waals surface area (Å²) in [5.41, 5.74) is 0.970. The van der Waals surface area contributed by atoms with Crippen LogP contribution in [0.25, 0.3) is 0 Å². The number of rotatable bonds is 8. The van der Waals surface area contributed by atoms with Crippen molar-refractivity contribution in [3.8, 4) is 0 Å². The molecule has 0 saturated heterocycles. The molecule has 0 aliphatic rings. The van der Waals surface area contributed by atoms with Crippen LogP contribution < -0.4 is 5.32 Å². The molecular weight excluding hydrogens is 376 g/mol. The lowest BCUT2D eigenvalue weighted by molar-refractivity contribution is 0.0736. The molecule has 0 spiro atoms. The van der Waals surface area contributed by atoms with Gasteiger partial charge in [-0.1, -0.05) is 6.07 Å². The predicted octanol–water partition coefficient (Wildman–Crippen LogP) is 3.19. The number of amides is 2. The molecule has 3 heterocycles. The van der Waals surface area contributed by atoms with Crippen LogP contribution in [0.1, 0.15) is 25.8 Å². The van der Waals surface area contributed by atoms with Gasteiger partial charge in [0.1, 0.15) is 0 Å². The molecule has 8 heteroatoms. The van der Waals surface area contributed by atoms with E-state index in [1.165, 1.54) is 17.6 Å². The van der Waals surface area contributed by atoms with Crippen LogP contribution in [0.5, 0.6) is 0 Å². The number of furan rings is 1. The van der Waals surface area contributed by atoms with Crippen LogP contribution in [0, 0.1) is 0 Å². The molecule has 146 valence electrons. The van der Waals surface area contributed by atoms with Crippen molar-refractivity contribution < 1.29 is 14.0 Å².